The van der Waals surface area contributed by atoms with Crippen LogP contribution in [0.2, 0.25) is 0 Å². The third-order valence-electron chi connectivity index (χ3n) is 4.87. The van der Waals surface area contributed by atoms with Crippen molar-refractivity contribution in [1.82, 2.24) is 4.98 Å². The molecule has 0 aliphatic heterocycles. The van der Waals surface area contributed by atoms with Gasteiger partial charge >= 0.3 is 23.5 Å². The minimum Gasteiger partial charge on any atom is -0.281 e. The number of rotatable bonds is 4. The van der Waals surface area contributed by atoms with Crippen LogP contribution in [0.15, 0.2) is 58.0 Å². The highest BCUT2D eigenvalue weighted by molar-refractivity contribution is 9.10. The van der Waals surface area contributed by atoms with E-state index in [2.05, 4.69) is 20.9 Å². The molecule has 200 valence electrons. The van der Waals surface area contributed by atoms with Gasteiger partial charge < -0.3 is 0 Å². The number of carbonyl (C=O) groups is 1. The van der Waals surface area contributed by atoms with Gasteiger partial charge in [0.1, 0.15) is 5.69 Å². The number of hydroxylamine groups is 1. The van der Waals surface area contributed by atoms with Crippen LogP contribution >= 0.6 is 15.9 Å². The summed E-state index contributed by atoms with van der Waals surface area (Å²) in [5.41, 5.74) is -16.1. The third-order valence-corrected chi connectivity index (χ3v) is 6.61. The van der Waals surface area contributed by atoms with Crippen molar-refractivity contribution in [1.29, 1.82) is 0 Å². The highest BCUT2D eigenvalue weighted by Crippen LogP contribution is 2.55. The molecule has 0 bridgehead atoms. The van der Waals surface area contributed by atoms with Gasteiger partial charge in [0.15, 0.2) is 10.8 Å². The number of anilines is 1. The van der Waals surface area contributed by atoms with Gasteiger partial charge in [-0.1, -0.05) is 12.1 Å². The van der Waals surface area contributed by atoms with Gasteiger partial charge in [-0.2, -0.15) is 44.6 Å². The van der Waals surface area contributed by atoms with Gasteiger partial charge in [0, 0.05) is 27.2 Å². The van der Waals surface area contributed by atoms with Gasteiger partial charge in [-0.05, 0) is 46.3 Å². The van der Waals surface area contributed by atoms with E-state index >= 15 is 0 Å². The van der Waals surface area contributed by atoms with Crippen molar-refractivity contribution in [3.05, 3.63) is 64.3 Å². The normalized spacial score (nSPS) is 14.1. The zero-order chi connectivity index (χ0) is 28.1. The van der Waals surface area contributed by atoms with E-state index in [1.165, 1.54) is 18.3 Å². The molecule has 0 saturated heterocycles. The number of halogens is 11. The Morgan fingerprint density at radius 3 is 2.05 bits per heavy atom. The van der Waals surface area contributed by atoms with Gasteiger partial charge in [0.05, 0.1) is 10.4 Å². The minimum absolute atomic E-state index is 0.174. The van der Waals surface area contributed by atoms with E-state index in [-0.39, 0.29) is 11.6 Å². The van der Waals surface area contributed by atoms with E-state index in [9.17, 15) is 58.1 Å². The first-order valence-electron chi connectivity index (χ1n) is 9.33. The van der Waals surface area contributed by atoms with Crippen molar-refractivity contribution in [3.63, 3.8) is 0 Å². The smallest absolute Gasteiger partial charge is 0.281 e. The van der Waals surface area contributed by atoms with Gasteiger partial charge in [-0.25, -0.2) is 8.60 Å². The predicted molar refractivity (Wildman–Crippen MR) is 112 cm³/mol. The van der Waals surface area contributed by atoms with Crippen LogP contribution in [0.4, 0.5) is 49.6 Å². The lowest BCUT2D eigenvalue weighted by Gasteiger charge is -2.31. The molecule has 2 aromatic carbocycles. The molecule has 1 atom stereocenters. The Morgan fingerprint density at radius 2 is 1.51 bits per heavy atom. The average Bonchev–Trinajstić information content (AvgIpc) is 2.79. The number of hydrogen-bond acceptors (Lipinski definition) is 4. The number of fused-ring (bicyclic) bond motifs is 1. The molecule has 1 heterocycles. The van der Waals surface area contributed by atoms with Gasteiger partial charge in [0.2, 0.25) is 0 Å². The monoisotopic (exact) mass is 626 g/mol. The number of benzene rings is 2. The standard InChI is InChI=1S/C20H9BrF10N2O3S/c21-12-7-11(17(22,18(23,24)25)19(26,27)28)8-14(37(36)20(29,30)31)15(12)33(35)16(34)10-4-3-9-2-1-5-32-13(9)6-10/h1-8,35H. The quantitative estimate of drug-likeness (QED) is 0.193. The Kier molecular flexibility index (Phi) is 7.39. The fourth-order valence-electron chi connectivity index (χ4n) is 3.16. The molecular weight excluding hydrogens is 618 g/mol. The van der Waals surface area contributed by atoms with E-state index in [4.69, 9.17) is 0 Å². The van der Waals surface area contributed by atoms with Crippen molar-refractivity contribution >= 4 is 49.2 Å². The number of pyridine rings is 1. The van der Waals surface area contributed by atoms with Crippen molar-refractivity contribution in [2.24, 2.45) is 0 Å². The average molecular weight is 627 g/mol. The molecule has 0 saturated carbocycles. The van der Waals surface area contributed by atoms with Gasteiger partial charge in [-0.15, -0.1) is 0 Å². The third kappa shape index (κ3) is 5.16. The molecule has 1 amide bonds. The van der Waals surface area contributed by atoms with Crippen LogP contribution in [0.3, 0.4) is 0 Å². The topological polar surface area (TPSA) is 70.5 Å². The van der Waals surface area contributed by atoms with E-state index in [1.807, 2.05) is 0 Å². The molecule has 1 unspecified atom stereocenters. The maximum absolute atomic E-state index is 14.6. The molecule has 0 fully saturated rings. The van der Waals surface area contributed by atoms with Crippen molar-refractivity contribution in [3.8, 4) is 0 Å². The maximum atomic E-state index is 14.6. The van der Waals surface area contributed by atoms with Gasteiger partial charge in [0.25, 0.3) is 5.91 Å². The summed E-state index contributed by atoms with van der Waals surface area (Å²) in [7, 11) is -4.43. The fraction of sp³-hybridized carbons (Fsp3) is 0.200. The lowest BCUT2D eigenvalue weighted by molar-refractivity contribution is -0.348. The van der Waals surface area contributed by atoms with Gasteiger partial charge in [-0.3, -0.25) is 15.0 Å². The molecule has 0 aliphatic rings. The molecule has 0 spiro atoms. The van der Waals surface area contributed by atoms with Crippen molar-refractivity contribution < 1.29 is 58.1 Å². The lowest BCUT2D eigenvalue weighted by Crippen LogP contribution is -2.50. The Hall–Kier alpha value is -2.79. The molecule has 0 aliphatic carbocycles. The summed E-state index contributed by atoms with van der Waals surface area (Å²) in [5, 5.41) is 10.3. The van der Waals surface area contributed by atoms with E-state index < -0.39 is 77.5 Å². The first kappa shape index (κ1) is 28.8. The highest BCUT2D eigenvalue weighted by atomic mass is 79.9. The number of hydrogen-bond donors (Lipinski definition) is 1. The summed E-state index contributed by atoms with van der Waals surface area (Å²) in [4.78, 5) is 14.7. The van der Waals surface area contributed by atoms with Crippen molar-refractivity contribution in [2.75, 3.05) is 5.06 Å². The zero-order valence-corrected chi connectivity index (χ0v) is 19.7. The first-order chi connectivity index (χ1) is 16.8. The summed E-state index contributed by atoms with van der Waals surface area (Å²) in [6, 6.07) is 5.72. The molecule has 3 aromatic rings. The summed E-state index contributed by atoms with van der Waals surface area (Å²) in [6.07, 6.45) is -12.1. The zero-order valence-electron chi connectivity index (χ0n) is 17.3. The molecule has 3 rings (SSSR count). The molecule has 37 heavy (non-hydrogen) atoms. The molecule has 1 aromatic heterocycles. The summed E-state index contributed by atoms with van der Waals surface area (Å²) in [6.45, 7) is 0. The number of amides is 1. The lowest BCUT2D eigenvalue weighted by atomic mass is 9.94. The Labute approximate surface area is 210 Å². The van der Waals surface area contributed by atoms with E-state index in [0.29, 0.717) is 5.39 Å². The number of alkyl halides is 10. The molecular formula is C20H9BrF10N2O3S. The SMILES string of the molecule is O=C(c1ccc2cccnc2c1)N(O)c1c(Br)cc(C(F)(C(F)(F)F)C(F)(F)F)cc1S(=O)C(F)(F)F. The summed E-state index contributed by atoms with van der Waals surface area (Å²) >= 11 is 2.37. The van der Waals surface area contributed by atoms with E-state index in [1.54, 1.807) is 6.07 Å². The Balaban J connectivity index is 2.26. The number of aromatic nitrogens is 1. The number of carbonyl (C=O) groups excluding carboxylic acids is 1. The highest BCUT2D eigenvalue weighted by Gasteiger charge is 2.73. The van der Waals surface area contributed by atoms with Crippen molar-refractivity contribution in [2.45, 2.75) is 28.4 Å². The second-order valence-corrected chi connectivity index (χ2v) is 9.50. The first-order valence-corrected chi connectivity index (χ1v) is 11.3. The summed E-state index contributed by atoms with van der Waals surface area (Å²) < 4.78 is 144. The molecule has 0 radical (unpaired) electrons. The minimum atomic E-state index is -6.71. The van der Waals surface area contributed by atoms with E-state index in [0.717, 1.165) is 12.1 Å². The Bertz CT molecular complexity index is 1380. The Morgan fingerprint density at radius 1 is 0.919 bits per heavy atom. The predicted octanol–water partition coefficient (Wildman–Crippen LogP) is 6.95. The molecule has 5 nitrogen and oxygen atoms in total. The molecule has 1 N–H and O–H groups in total. The second-order valence-electron chi connectivity index (χ2n) is 7.20. The van der Waals surface area contributed by atoms with Crippen LogP contribution < -0.4 is 5.06 Å². The summed E-state index contributed by atoms with van der Waals surface area (Å²) in [5.74, 6) is -1.53. The second kappa shape index (κ2) is 9.50. The fourth-order valence-corrected chi connectivity index (χ4v) is 4.77. The van der Waals surface area contributed by atoms with Crippen LogP contribution in [0, 0.1) is 0 Å². The largest absolute Gasteiger partial charge is 0.475 e. The maximum Gasteiger partial charge on any atom is 0.475 e. The number of nitrogens with zero attached hydrogens (tertiary/aromatic N) is 2. The van der Waals surface area contributed by atoms with Crippen LogP contribution in [0.1, 0.15) is 15.9 Å². The van der Waals surface area contributed by atoms with Crippen LogP contribution in [0.25, 0.3) is 10.9 Å². The van der Waals surface area contributed by atoms with Crippen LogP contribution in [0.5, 0.6) is 0 Å². The molecule has 17 heteroatoms. The van der Waals surface area contributed by atoms with Crippen LogP contribution in [-0.4, -0.2) is 38.2 Å². The van der Waals surface area contributed by atoms with Crippen LogP contribution in [-0.2, 0) is 16.5 Å².